The number of halogens is 4. The number of nitrogens with zero attached hydrogens (tertiary/aromatic N) is 1. The van der Waals surface area contributed by atoms with Crippen molar-refractivity contribution in [2.24, 2.45) is 0 Å². The highest BCUT2D eigenvalue weighted by atomic mass is 79.9. The van der Waals surface area contributed by atoms with Crippen molar-refractivity contribution in [3.63, 3.8) is 0 Å². The maximum Gasteiger partial charge on any atom is 0.266 e. The van der Waals surface area contributed by atoms with Crippen molar-refractivity contribution in [2.75, 3.05) is 0 Å². The van der Waals surface area contributed by atoms with E-state index < -0.39 is 6.43 Å². The summed E-state index contributed by atoms with van der Waals surface area (Å²) in [6.45, 7) is 0. The molecule has 0 radical (unpaired) electrons. The van der Waals surface area contributed by atoms with Gasteiger partial charge in [-0.25, -0.2) is 13.8 Å². The number of H-pyrrole nitrogens is 1. The Kier molecular flexibility index (Phi) is 2.45. The Balaban J connectivity index is 2.79. The van der Waals surface area contributed by atoms with Gasteiger partial charge < -0.3 is 4.98 Å². The number of alkyl halides is 2. The number of benzene rings is 1. The molecular formula is C8H4BrClF2N2. The van der Waals surface area contributed by atoms with Crippen molar-refractivity contribution in [3.05, 3.63) is 27.5 Å². The van der Waals surface area contributed by atoms with Crippen LogP contribution >= 0.6 is 27.5 Å². The fraction of sp³-hybridized carbons (Fsp3) is 0.125. The second kappa shape index (κ2) is 3.47. The standard InChI is InChI=1S/C8H4BrClF2N2/c9-8-13-5-2-3(10)1-4(7(11)12)6(5)14-8/h1-2,7H,(H,13,14). The van der Waals surface area contributed by atoms with Crippen molar-refractivity contribution in [1.29, 1.82) is 0 Å². The van der Waals surface area contributed by atoms with Crippen LogP contribution in [0.1, 0.15) is 12.0 Å². The van der Waals surface area contributed by atoms with E-state index in [1.165, 1.54) is 6.07 Å². The third-order valence-corrected chi connectivity index (χ3v) is 2.38. The number of aromatic nitrogens is 2. The number of imidazole rings is 1. The predicted molar refractivity (Wildman–Crippen MR) is 53.8 cm³/mol. The molecule has 0 atom stereocenters. The van der Waals surface area contributed by atoms with E-state index in [1.54, 1.807) is 6.07 Å². The molecular weight excluding hydrogens is 277 g/mol. The molecule has 2 aromatic rings. The second-order valence-corrected chi connectivity index (χ2v) is 3.91. The summed E-state index contributed by atoms with van der Waals surface area (Å²) in [7, 11) is 0. The van der Waals surface area contributed by atoms with Gasteiger partial charge in [0, 0.05) is 10.6 Å². The fourth-order valence-corrected chi connectivity index (χ4v) is 1.86. The Morgan fingerprint density at radius 1 is 1.43 bits per heavy atom. The first-order valence-corrected chi connectivity index (χ1v) is 4.88. The van der Waals surface area contributed by atoms with E-state index in [4.69, 9.17) is 11.6 Å². The highest BCUT2D eigenvalue weighted by Gasteiger charge is 2.15. The topological polar surface area (TPSA) is 28.7 Å². The smallest absolute Gasteiger partial charge is 0.266 e. The van der Waals surface area contributed by atoms with Crippen LogP contribution in [0.15, 0.2) is 16.9 Å². The van der Waals surface area contributed by atoms with Gasteiger partial charge in [-0.1, -0.05) is 11.6 Å². The van der Waals surface area contributed by atoms with E-state index in [1.807, 2.05) is 0 Å². The summed E-state index contributed by atoms with van der Waals surface area (Å²) < 4.78 is 25.5. The normalized spacial score (nSPS) is 11.5. The molecule has 0 aliphatic heterocycles. The van der Waals surface area contributed by atoms with Gasteiger partial charge in [0.2, 0.25) is 0 Å². The summed E-state index contributed by atoms with van der Waals surface area (Å²) in [5, 5.41) is 0.268. The van der Waals surface area contributed by atoms with Crippen LogP contribution in [0.25, 0.3) is 11.0 Å². The molecule has 0 aliphatic carbocycles. The number of hydrogen-bond acceptors (Lipinski definition) is 1. The minimum absolute atomic E-state index is 0.158. The van der Waals surface area contributed by atoms with E-state index in [2.05, 4.69) is 25.9 Å². The minimum atomic E-state index is -2.58. The molecule has 0 aliphatic rings. The van der Waals surface area contributed by atoms with Crippen molar-refractivity contribution >= 4 is 38.6 Å². The van der Waals surface area contributed by atoms with Crippen molar-refractivity contribution in [2.45, 2.75) is 6.43 Å². The zero-order valence-corrected chi connectivity index (χ0v) is 9.03. The van der Waals surface area contributed by atoms with Gasteiger partial charge in [-0.15, -0.1) is 0 Å². The monoisotopic (exact) mass is 280 g/mol. The fourth-order valence-electron chi connectivity index (χ4n) is 1.24. The van der Waals surface area contributed by atoms with Gasteiger partial charge in [-0.05, 0) is 28.1 Å². The van der Waals surface area contributed by atoms with Crippen LogP contribution < -0.4 is 0 Å². The van der Waals surface area contributed by atoms with E-state index in [-0.39, 0.29) is 16.1 Å². The summed E-state index contributed by atoms with van der Waals surface area (Å²) >= 11 is 8.76. The van der Waals surface area contributed by atoms with Crippen LogP contribution in [-0.2, 0) is 0 Å². The minimum Gasteiger partial charge on any atom is -0.332 e. The Morgan fingerprint density at radius 2 is 2.14 bits per heavy atom. The average Bonchev–Trinajstić information content (AvgIpc) is 2.42. The van der Waals surface area contributed by atoms with Crippen LogP contribution in [0, 0.1) is 0 Å². The zero-order chi connectivity index (χ0) is 10.3. The molecule has 0 saturated carbocycles. The third kappa shape index (κ3) is 1.62. The predicted octanol–water partition coefficient (Wildman–Crippen LogP) is 3.92. The number of hydrogen-bond donors (Lipinski definition) is 1. The lowest BCUT2D eigenvalue weighted by Gasteiger charge is -2.00. The molecule has 14 heavy (non-hydrogen) atoms. The molecule has 0 unspecified atom stereocenters. The first-order chi connectivity index (χ1) is 6.58. The first-order valence-electron chi connectivity index (χ1n) is 3.70. The molecule has 1 N–H and O–H groups in total. The van der Waals surface area contributed by atoms with E-state index in [0.717, 1.165) is 0 Å². The van der Waals surface area contributed by atoms with Crippen molar-refractivity contribution < 1.29 is 8.78 Å². The van der Waals surface area contributed by atoms with Gasteiger partial charge in [0.25, 0.3) is 6.43 Å². The lowest BCUT2D eigenvalue weighted by Crippen LogP contribution is -1.86. The summed E-state index contributed by atoms with van der Waals surface area (Å²) in [6, 6.07) is 2.78. The molecule has 0 fully saturated rings. The molecule has 0 saturated heterocycles. The maximum absolute atomic E-state index is 12.6. The van der Waals surface area contributed by atoms with E-state index >= 15 is 0 Å². The first kappa shape index (κ1) is 9.86. The van der Waals surface area contributed by atoms with Crippen molar-refractivity contribution in [3.8, 4) is 0 Å². The molecule has 0 amide bonds. The molecule has 1 aromatic heterocycles. The van der Waals surface area contributed by atoms with Crippen LogP contribution in [0.3, 0.4) is 0 Å². The molecule has 6 heteroatoms. The summed E-state index contributed by atoms with van der Waals surface area (Å²) in [5.74, 6) is 0. The van der Waals surface area contributed by atoms with Gasteiger partial charge in [-0.2, -0.15) is 0 Å². The van der Waals surface area contributed by atoms with Gasteiger partial charge in [0.15, 0.2) is 4.73 Å². The SMILES string of the molecule is FC(F)c1cc(Cl)cc2[nH]c(Br)nc12. The molecule has 2 nitrogen and oxygen atoms in total. The summed E-state index contributed by atoms with van der Waals surface area (Å²) in [6.07, 6.45) is -2.58. The van der Waals surface area contributed by atoms with Crippen LogP contribution in [0.4, 0.5) is 8.78 Å². The highest BCUT2D eigenvalue weighted by molar-refractivity contribution is 9.10. The molecule has 1 heterocycles. The Morgan fingerprint density at radius 3 is 2.79 bits per heavy atom. The van der Waals surface area contributed by atoms with Crippen LogP contribution in [0.2, 0.25) is 5.02 Å². The highest BCUT2D eigenvalue weighted by Crippen LogP contribution is 2.30. The zero-order valence-electron chi connectivity index (χ0n) is 6.69. The lowest BCUT2D eigenvalue weighted by molar-refractivity contribution is 0.153. The van der Waals surface area contributed by atoms with Gasteiger partial charge in [0.1, 0.15) is 0 Å². The lowest BCUT2D eigenvalue weighted by atomic mass is 10.2. The van der Waals surface area contributed by atoms with Gasteiger partial charge in [-0.3, -0.25) is 0 Å². The maximum atomic E-state index is 12.6. The third-order valence-electron chi connectivity index (χ3n) is 1.79. The quantitative estimate of drug-likeness (QED) is 0.843. The molecule has 74 valence electrons. The second-order valence-electron chi connectivity index (χ2n) is 2.72. The Labute approximate surface area is 91.4 Å². The van der Waals surface area contributed by atoms with Crippen molar-refractivity contribution in [1.82, 2.24) is 9.97 Å². The van der Waals surface area contributed by atoms with Gasteiger partial charge in [0.05, 0.1) is 11.0 Å². The van der Waals surface area contributed by atoms with Gasteiger partial charge >= 0.3 is 0 Å². The van der Waals surface area contributed by atoms with Crippen LogP contribution in [0.5, 0.6) is 0 Å². The Hall–Kier alpha value is -0.680. The number of nitrogens with one attached hydrogen (secondary N) is 1. The summed E-state index contributed by atoms with van der Waals surface area (Å²) in [5.41, 5.74) is 0.588. The molecule has 0 bridgehead atoms. The number of aromatic amines is 1. The van der Waals surface area contributed by atoms with Crippen LogP contribution in [-0.4, -0.2) is 9.97 Å². The Bertz CT molecular complexity index is 483. The molecule has 1 aromatic carbocycles. The average molecular weight is 281 g/mol. The largest absolute Gasteiger partial charge is 0.332 e. The van der Waals surface area contributed by atoms with E-state index in [0.29, 0.717) is 10.3 Å². The summed E-state index contributed by atoms with van der Waals surface area (Å²) in [4.78, 5) is 6.68. The van der Waals surface area contributed by atoms with E-state index in [9.17, 15) is 8.78 Å². The number of fused-ring (bicyclic) bond motifs is 1. The molecule has 0 spiro atoms. The number of rotatable bonds is 1. The molecule has 2 rings (SSSR count).